The Morgan fingerprint density at radius 1 is 1.41 bits per heavy atom. The van der Waals surface area contributed by atoms with Crippen molar-refractivity contribution in [2.24, 2.45) is 17.6 Å². The smallest absolute Gasteiger partial charge is 0.133 e. The van der Waals surface area contributed by atoms with Crippen molar-refractivity contribution in [2.75, 3.05) is 11.4 Å². The number of aromatic nitrogens is 1. The lowest BCUT2D eigenvalue weighted by Crippen LogP contribution is -2.46. The van der Waals surface area contributed by atoms with Gasteiger partial charge in [-0.3, -0.25) is 0 Å². The van der Waals surface area contributed by atoms with Crippen LogP contribution in [0.1, 0.15) is 32.8 Å². The van der Waals surface area contributed by atoms with Gasteiger partial charge in [-0.2, -0.15) is 0 Å². The van der Waals surface area contributed by atoms with E-state index < -0.39 is 0 Å². The molecule has 1 aliphatic rings. The molecule has 0 spiro atoms. The van der Waals surface area contributed by atoms with Crippen LogP contribution < -0.4 is 10.6 Å². The van der Waals surface area contributed by atoms with Crippen LogP contribution in [0.25, 0.3) is 0 Å². The number of pyridine rings is 1. The maximum absolute atomic E-state index is 5.81. The highest BCUT2D eigenvalue weighted by atomic mass is 15.2. The van der Waals surface area contributed by atoms with Crippen molar-refractivity contribution in [3.8, 4) is 0 Å². The van der Waals surface area contributed by atoms with Crippen LogP contribution in [0.15, 0.2) is 18.3 Å². The summed E-state index contributed by atoms with van der Waals surface area (Å²) in [5.41, 5.74) is 6.96. The fourth-order valence-electron chi connectivity index (χ4n) is 2.84. The first-order chi connectivity index (χ1) is 8.13. The second-order valence-electron chi connectivity index (χ2n) is 5.40. The summed E-state index contributed by atoms with van der Waals surface area (Å²) in [6, 6.07) is 4.60. The van der Waals surface area contributed by atoms with Crippen LogP contribution in [0.3, 0.4) is 0 Å². The van der Waals surface area contributed by atoms with Crippen molar-refractivity contribution in [3.63, 3.8) is 0 Å². The van der Waals surface area contributed by atoms with Crippen molar-refractivity contribution in [2.45, 2.75) is 39.8 Å². The first-order valence-corrected chi connectivity index (χ1v) is 6.54. The molecule has 1 aromatic rings. The number of piperidine rings is 1. The molecule has 3 nitrogen and oxygen atoms in total. The van der Waals surface area contributed by atoms with Crippen LogP contribution in [0.4, 0.5) is 5.82 Å². The standard InChI is InChI=1S/C14H23N3/c1-10-7-11(2)12(3)17(9-10)14-13(8-15)5-4-6-16-14/h4-6,10-12H,7-9,15H2,1-3H3. The monoisotopic (exact) mass is 233 g/mol. The van der Waals surface area contributed by atoms with Gasteiger partial charge >= 0.3 is 0 Å². The van der Waals surface area contributed by atoms with Crippen molar-refractivity contribution in [1.82, 2.24) is 4.98 Å². The molecule has 3 heteroatoms. The maximum atomic E-state index is 5.81. The zero-order valence-electron chi connectivity index (χ0n) is 11.1. The lowest BCUT2D eigenvalue weighted by atomic mass is 9.86. The summed E-state index contributed by atoms with van der Waals surface area (Å²) < 4.78 is 0. The highest BCUT2D eigenvalue weighted by Crippen LogP contribution is 2.31. The van der Waals surface area contributed by atoms with Crippen LogP contribution in [-0.4, -0.2) is 17.6 Å². The van der Waals surface area contributed by atoms with E-state index in [4.69, 9.17) is 5.73 Å². The molecule has 2 heterocycles. The van der Waals surface area contributed by atoms with Crippen molar-refractivity contribution < 1.29 is 0 Å². The third kappa shape index (κ3) is 2.44. The number of nitrogens with two attached hydrogens (primary N) is 1. The van der Waals surface area contributed by atoms with E-state index in [0.29, 0.717) is 18.5 Å². The molecule has 0 aromatic carbocycles. The average molecular weight is 233 g/mol. The van der Waals surface area contributed by atoms with Gasteiger partial charge in [-0.05, 0) is 31.2 Å². The summed E-state index contributed by atoms with van der Waals surface area (Å²) in [6.07, 6.45) is 3.17. The van der Waals surface area contributed by atoms with Crippen molar-refractivity contribution >= 4 is 5.82 Å². The molecular weight excluding hydrogens is 210 g/mol. The summed E-state index contributed by atoms with van der Waals surface area (Å²) in [7, 11) is 0. The van der Waals surface area contributed by atoms with E-state index in [0.717, 1.165) is 23.8 Å². The number of hydrogen-bond acceptors (Lipinski definition) is 3. The molecule has 0 amide bonds. The lowest BCUT2D eigenvalue weighted by molar-refractivity contribution is 0.295. The van der Waals surface area contributed by atoms with Crippen molar-refractivity contribution in [1.29, 1.82) is 0 Å². The fraction of sp³-hybridized carbons (Fsp3) is 0.643. The SMILES string of the molecule is CC1CC(C)C(C)N(c2ncccc2CN)C1. The predicted molar refractivity (Wildman–Crippen MR) is 71.9 cm³/mol. The van der Waals surface area contributed by atoms with E-state index >= 15 is 0 Å². The minimum atomic E-state index is 0.548. The molecule has 2 rings (SSSR count). The number of anilines is 1. The molecule has 3 atom stereocenters. The largest absolute Gasteiger partial charge is 0.353 e. The molecule has 0 saturated carbocycles. The van der Waals surface area contributed by atoms with Gasteiger partial charge in [-0.15, -0.1) is 0 Å². The summed E-state index contributed by atoms with van der Waals surface area (Å²) in [4.78, 5) is 6.97. The quantitative estimate of drug-likeness (QED) is 0.853. The second-order valence-corrected chi connectivity index (χ2v) is 5.40. The van der Waals surface area contributed by atoms with Gasteiger partial charge in [0.25, 0.3) is 0 Å². The fourth-order valence-corrected chi connectivity index (χ4v) is 2.84. The van der Waals surface area contributed by atoms with Gasteiger partial charge in [0.1, 0.15) is 5.82 Å². The van der Waals surface area contributed by atoms with Gasteiger partial charge in [0, 0.05) is 30.9 Å². The third-order valence-electron chi connectivity index (χ3n) is 3.96. The molecule has 1 fully saturated rings. The Kier molecular flexibility index (Phi) is 3.67. The topological polar surface area (TPSA) is 42.2 Å². The van der Waals surface area contributed by atoms with Gasteiger partial charge in [0.15, 0.2) is 0 Å². The normalized spacial score (nSPS) is 29.4. The number of hydrogen-bond donors (Lipinski definition) is 1. The molecule has 2 N–H and O–H groups in total. The summed E-state index contributed by atoms with van der Waals surface area (Å²) in [5.74, 6) is 2.53. The van der Waals surface area contributed by atoms with Crippen LogP contribution >= 0.6 is 0 Å². The van der Waals surface area contributed by atoms with E-state index in [1.807, 2.05) is 12.3 Å². The number of nitrogens with zero attached hydrogens (tertiary/aromatic N) is 2. The maximum Gasteiger partial charge on any atom is 0.133 e. The van der Waals surface area contributed by atoms with Gasteiger partial charge in [-0.1, -0.05) is 19.9 Å². The Balaban J connectivity index is 2.31. The molecule has 1 aromatic heterocycles. The highest BCUT2D eigenvalue weighted by Gasteiger charge is 2.30. The van der Waals surface area contributed by atoms with E-state index in [2.05, 4.69) is 36.7 Å². The minimum absolute atomic E-state index is 0.548. The molecule has 94 valence electrons. The molecule has 1 aliphatic heterocycles. The Morgan fingerprint density at radius 3 is 2.88 bits per heavy atom. The predicted octanol–water partition coefficient (Wildman–Crippen LogP) is 2.41. The molecular formula is C14H23N3. The van der Waals surface area contributed by atoms with Crippen LogP contribution in [-0.2, 0) is 6.54 Å². The van der Waals surface area contributed by atoms with E-state index in [1.165, 1.54) is 6.42 Å². The Labute approximate surface area is 104 Å². The first kappa shape index (κ1) is 12.4. The molecule has 0 aliphatic carbocycles. The zero-order chi connectivity index (χ0) is 12.4. The molecule has 0 bridgehead atoms. The van der Waals surface area contributed by atoms with Gasteiger partial charge < -0.3 is 10.6 Å². The average Bonchev–Trinajstić information content (AvgIpc) is 2.33. The summed E-state index contributed by atoms with van der Waals surface area (Å²) in [5, 5.41) is 0. The van der Waals surface area contributed by atoms with E-state index in [1.54, 1.807) is 0 Å². The number of rotatable bonds is 2. The zero-order valence-corrected chi connectivity index (χ0v) is 11.1. The minimum Gasteiger partial charge on any atom is -0.353 e. The van der Waals surface area contributed by atoms with Gasteiger partial charge in [0.05, 0.1) is 0 Å². The van der Waals surface area contributed by atoms with E-state index in [9.17, 15) is 0 Å². The van der Waals surface area contributed by atoms with Gasteiger partial charge in [-0.25, -0.2) is 4.98 Å². The molecule has 17 heavy (non-hydrogen) atoms. The Morgan fingerprint density at radius 2 is 2.18 bits per heavy atom. The summed E-state index contributed by atoms with van der Waals surface area (Å²) >= 11 is 0. The molecule has 3 unspecified atom stereocenters. The van der Waals surface area contributed by atoms with Crippen LogP contribution in [0.2, 0.25) is 0 Å². The first-order valence-electron chi connectivity index (χ1n) is 6.54. The molecule has 0 radical (unpaired) electrons. The van der Waals surface area contributed by atoms with Crippen LogP contribution in [0.5, 0.6) is 0 Å². The highest BCUT2D eigenvalue weighted by molar-refractivity contribution is 5.48. The van der Waals surface area contributed by atoms with Gasteiger partial charge in [0.2, 0.25) is 0 Å². The van der Waals surface area contributed by atoms with Crippen LogP contribution in [0, 0.1) is 11.8 Å². The molecule has 1 saturated heterocycles. The lowest BCUT2D eigenvalue weighted by Gasteiger charge is -2.42. The Hall–Kier alpha value is -1.09. The van der Waals surface area contributed by atoms with E-state index in [-0.39, 0.29) is 0 Å². The summed E-state index contributed by atoms with van der Waals surface area (Å²) in [6.45, 7) is 8.61. The third-order valence-corrected chi connectivity index (χ3v) is 3.96. The Bertz CT molecular complexity index is 377. The second kappa shape index (κ2) is 5.05. The van der Waals surface area contributed by atoms with Crippen molar-refractivity contribution in [3.05, 3.63) is 23.9 Å².